The quantitative estimate of drug-likeness (QED) is 0.741. The number of hydrogen-bond donors (Lipinski definition) is 1. The molecule has 1 aliphatic carbocycles. The van der Waals surface area contributed by atoms with E-state index in [1.54, 1.807) is 6.92 Å². The summed E-state index contributed by atoms with van der Waals surface area (Å²) in [6.45, 7) is 1.56. The molecule has 0 aliphatic heterocycles. The van der Waals surface area contributed by atoms with Gasteiger partial charge in [0, 0.05) is 28.7 Å². The van der Waals surface area contributed by atoms with E-state index in [1.165, 1.54) is 0 Å². The summed E-state index contributed by atoms with van der Waals surface area (Å²) < 4.78 is 11.6. The van der Waals surface area contributed by atoms with Crippen LogP contribution >= 0.6 is 0 Å². The standard InChI is InChI=1S/C10H15NO3S/c1-8(9(12)13)6-15(14)7-10(2-3-10)4-5-11/h8H,2-4,6-7H2,1H3,(H,12,13). The Morgan fingerprint density at radius 2 is 2.27 bits per heavy atom. The molecule has 2 atom stereocenters. The summed E-state index contributed by atoms with van der Waals surface area (Å²) in [6, 6.07) is 2.10. The average molecular weight is 229 g/mol. The molecule has 1 fully saturated rings. The van der Waals surface area contributed by atoms with Crippen molar-refractivity contribution in [1.82, 2.24) is 0 Å². The minimum atomic E-state index is -1.11. The van der Waals surface area contributed by atoms with Gasteiger partial charge in [0.25, 0.3) is 0 Å². The monoisotopic (exact) mass is 229 g/mol. The van der Waals surface area contributed by atoms with Gasteiger partial charge in [-0.2, -0.15) is 5.26 Å². The number of aliphatic carboxylic acids is 1. The molecule has 1 aliphatic rings. The van der Waals surface area contributed by atoms with Gasteiger partial charge >= 0.3 is 5.97 Å². The van der Waals surface area contributed by atoms with Gasteiger partial charge in [0.05, 0.1) is 12.0 Å². The first-order chi connectivity index (χ1) is 6.99. The second-order valence-corrected chi connectivity index (χ2v) is 5.83. The highest BCUT2D eigenvalue weighted by atomic mass is 32.2. The van der Waals surface area contributed by atoms with E-state index in [1.807, 2.05) is 0 Å². The molecule has 84 valence electrons. The van der Waals surface area contributed by atoms with E-state index in [0.29, 0.717) is 12.2 Å². The maximum atomic E-state index is 11.6. The predicted molar refractivity (Wildman–Crippen MR) is 56.6 cm³/mol. The van der Waals surface area contributed by atoms with Crippen LogP contribution in [0.4, 0.5) is 0 Å². The van der Waals surface area contributed by atoms with Crippen molar-refractivity contribution in [2.75, 3.05) is 11.5 Å². The third kappa shape index (κ3) is 3.63. The molecule has 1 saturated carbocycles. The third-order valence-electron chi connectivity index (χ3n) is 2.74. The number of carboxylic acids is 1. The lowest BCUT2D eigenvalue weighted by Gasteiger charge is -2.11. The maximum Gasteiger partial charge on any atom is 0.307 e. The van der Waals surface area contributed by atoms with Gasteiger partial charge in [-0.1, -0.05) is 6.92 Å². The van der Waals surface area contributed by atoms with Crippen molar-refractivity contribution in [2.24, 2.45) is 11.3 Å². The Hall–Kier alpha value is -0.890. The maximum absolute atomic E-state index is 11.6. The van der Waals surface area contributed by atoms with Crippen molar-refractivity contribution >= 4 is 16.8 Å². The van der Waals surface area contributed by atoms with Crippen LogP contribution in [0.25, 0.3) is 0 Å². The molecule has 1 rings (SSSR count). The van der Waals surface area contributed by atoms with E-state index in [2.05, 4.69) is 6.07 Å². The zero-order valence-corrected chi connectivity index (χ0v) is 9.55. The first-order valence-corrected chi connectivity index (χ1v) is 6.43. The summed E-state index contributed by atoms with van der Waals surface area (Å²) in [7, 11) is -1.11. The lowest BCUT2D eigenvalue weighted by atomic mass is 10.1. The Kier molecular flexibility index (Phi) is 3.86. The fraction of sp³-hybridized carbons (Fsp3) is 0.800. The minimum absolute atomic E-state index is 0.0577. The topological polar surface area (TPSA) is 78.2 Å². The molecule has 0 aromatic carbocycles. The van der Waals surface area contributed by atoms with Gasteiger partial charge in [0.15, 0.2) is 0 Å². The van der Waals surface area contributed by atoms with Gasteiger partial charge < -0.3 is 5.11 Å². The van der Waals surface area contributed by atoms with E-state index in [4.69, 9.17) is 10.4 Å². The molecule has 0 heterocycles. The summed E-state index contributed by atoms with van der Waals surface area (Å²) in [4.78, 5) is 10.6. The smallest absolute Gasteiger partial charge is 0.307 e. The molecule has 1 N–H and O–H groups in total. The molecular weight excluding hydrogens is 214 g/mol. The fourth-order valence-electron chi connectivity index (χ4n) is 1.47. The molecule has 2 unspecified atom stereocenters. The van der Waals surface area contributed by atoms with Crippen LogP contribution in [-0.2, 0) is 15.6 Å². The van der Waals surface area contributed by atoms with E-state index in [0.717, 1.165) is 12.8 Å². The molecule has 0 aromatic heterocycles. The molecule has 0 radical (unpaired) electrons. The summed E-state index contributed by atoms with van der Waals surface area (Å²) in [5.74, 6) is -0.794. The van der Waals surface area contributed by atoms with E-state index in [9.17, 15) is 9.00 Å². The van der Waals surface area contributed by atoms with Crippen LogP contribution in [0.15, 0.2) is 0 Å². The number of carbonyl (C=O) groups is 1. The Morgan fingerprint density at radius 3 is 2.67 bits per heavy atom. The summed E-state index contributed by atoms with van der Waals surface area (Å²) in [5.41, 5.74) is -0.0577. The van der Waals surface area contributed by atoms with Crippen LogP contribution in [0, 0.1) is 22.7 Å². The first-order valence-electron chi connectivity index (χ1n) is 4.94. The zero-order valence-electron chi connectivity index (χ0n) is 8.73. The van der Waals surface area contributed by atoms with Crippen LogP contribution in [0.5, 0.6) is 0 Å². The predicted octanol–water partition coefficient (Wildman–Crippen LogP) is 1.15. The van der Waals surface area contributed by atoms with Crippen molar-refractivity contribution in [3.63, 3.8) is 0 Å². The van der Waals surface area contributed by atoms with Gasteiger partial charge in [-0.3, -0.25) is 9.00 Å². The highest BCUT2D eigenvalue weighted by Gasteiger charge is 2.43. The summed E-state index contributed by atoms with van der Waals surface area (Å²) in [6.07, 6.45) is 2.35. The van der Waals surface area contributed by atoms with Crippen LogP contribution in [0.2, 0.25) is 0 Å². The first kappa shape index (κ1) is 12.2. The highest BCUT2D eigenvalue weighted by Crippen LogP contribution is 2.49. The Labute approximate surface area is 91.7 Å². The largest absolute Gasteiger partial charge is 0.481 e. The van der Waals surface area contributed by atoms with Crippen molar-refractivity contribution in [1.29, 1.82) is 5.26 Å². The number of rotatable bonds is 6. The van der Waals surface area contributed by atoms with Gasteiger partial charge in [0.2, 0.25) is 0 Å². The number of nitriles is 1. The molecular formula is C10H15NO3S. The SMILES string of the molecule is CC(CS(=O)CC1(CC#N)CC1)C(=O)O. The second kappa shape index (κ2) is 4.75. The van der Waals surface area contributed by atoms with Gasteiger partial charge in [0.1, 0.15) is 0 Å². The summed E-state index contributed by atoms with van der Waals surface area (Å²) in [5, 5.41) is 17.2. The van der Waals surface area contributed by atoms with Crippen LogP contribution < -0.4 is 0 Å². The zero-order chi connectivity index (χ0) is 11.5. The highest BCUT2D eigenvalue weighted by molar-refractivity contribution is 7.85. The van der Waals surface area contributed by atoms with E-state index >= 15 is 0 Å². The minimum Gasteiger partial charge on any atom is -0.481 e. The lowest BCUT2D eigenvalue weighted by Crippen LogP contribution is -2.22. The number of hydrogen-bond acceptors (Lipinski definition) is 3. The second-order valence-electron chi connectivity index (χ2n) is 4.33. The van der Waals surface area contributed by atoms with E-state index in [-0.39, 0.29) is 11.2 Å². The van der Waals surface area contributed by atoms with Gasteiger partial charge in [-0.25, -0.2) is 0 Å². The summed E-state index contributed by atoms with van der Waals surface area (Å²) >= 11 is 0. The number of nitrogens with zero attached hydrogens (tertiary/aromatic N) is 1. The molecule has 0 amide bonds. The van der Waals surface area contributed by atoms with Crippen molar-refractivity contribution < 1.29 is 14.1 Å². The number of carboxylic acid groups (broad SMARTS) is 1. The van der Waals surface area contributed by atoms with Crippen molar-refractivity contribution in [3.8, 4) is 6.07 Å². The van der Waals surface area contributed by atoms with Crippen molar-refractivity contribution in [3.05, 3.63) is 0 Å². The third-order valence-corrected chi connectivity index (χ3v) is 4.54. The van der Waals surface area contributed by atoms with Gasteiger partial charge in [-0.05, 0) is 18.3 Å². The van der Waals surface area contributed by atoms with Crippen LogP contribution in [0.1, 0.15) is 26.2 Å². The fourth-order valence-corrected chi connectivity index (χ4v) is 3.36. The van der Waals surface area contributed by atoms with Gasteiger partial charge in [-0.15, -0.1) is 0 Å². The van der Waals surface area contributed by atoms with E-state index < -0.39 is 22.7 Å². The molecule has 4 nitrogen and oxygen atoms in total. The lowest BCUT2D eigenvalue weighted by molar-refractivity contribution is -0.140. The molecule has 0 saturated heterocycles. The normalized spacial score (nSPS) is 21.3. The molecule has 0 spiro atoms. The molecule has 0 aromatic rings. The molecule has 0 bridgehead atoms. The molecule has 5 heteroatoms. The van der Waals surface area contributed by atoms with Crippen LogP contribution in [0.3, 0.4) is 0 Å². The Balaban J connectivity index is 2.37. The Bertz CT molecular complexity index is 317. The molecule has 15 heavy (non-hydrogen) atoms. The average Bonchev–Trinajstić information content (AvgIpc) is 2.84. The Morgan fingerprint density at radius 1 is 1.67 bits per heavy atom. The van der Waals surface area contributed by atoms with Crippen LogP contribution in [-0.4, -0.2) is 26.8 Å². The van der Waals surface area contributed by atoms with Crippen molar-refractivity contribution in [2.45, 2.75) is 26.2 Å².